The maximum absolute atomic E-state index is 12.3. The lowest BCUT2D eigenvalue weighted by Crippen LogP contribution is -2.32. The van der Waals surface area contributed by atoms with Gasteiger partial charge in [0, 0.05) is 13.1 Å². The molecule has 7 heteroatoms. The minimum Gasteiger partial charge on any atom is -0.492 e. The molecule has 1 amide bonds. The van der Waals surface area contributed by atoms with Crippen LogP contribution in [0.1, 0.15) is 5.56 Å². The highest BCUT2D eigenvalue weighted by Crippen LogP contribution is 2.12. The van der Waals surface area contributed by atoms with Crippen LogP contribution >= 0.6 is 0 Å². The molecule has 0 aliphatic heterocycles. The minimum absolute atomic E-state index is 0.0480. The van der Waals surface area contributed by atoms with Crippen LogP contribution in [0, 0.1) is 0 Å². The number of ether oxygens (including phenoxy) is 1. The van der Waals surface area contributed by atoms with E-state index in [1.165, 1.54) is 10.8 Å². The van der Waals surface area contributed by atoms with E-state index in [4.69, 9.17) is 4.74 Å². The number of benzene rings is 2. The Labute approximate surface area is 163 Å². The topological polar surface area (TPSA) is 76.5 Å². The maximum Gasteiger partial charge on any atom is 0.269 e. The first kappa shape index (κ1) is 19.6. The van der Waals surface area contributed by atoms with Crippen molar-refractivity contribution in [3.05, 3.63) is 70.6 Å². The summed E-state index contributed by atoms with van der Waals surface area (Å²) < 4.78 is 7.09. The molecule has 0 bridgehead atoms. The predicted octanol–water partition coefficient (Wildman–Crippen LogP) is 1.65. The number of carbonyl (C=O) groups is 1. The molecule has 7 nitrogen and oxygen atoms in total. The van der Waals surface area contributed by atoms with E-state index in [0.717, 1.165) is 17.9 Å². The summed E-state index contributed by atoms with van der Waals surface area (Å²) in [6, 6.07) is 14.9. The lowest BCUT2D eigenvalue weighted by Gasteiger charge is -2.12. The van der Waals surface area contributed by atoms with Gasteiger partial charge in [0.1, 0.15) is 18.9 Å². The van der Waals surface area contributed by atoms with Crippen LogP contribution in [0.15, 0.2) is 59.5 Å². The van der Waals surface area contributed by atoms with Crippen molar-refractivity contribution in [1.82, 2.24) is 19.8 Å². The second-order valence-electron chi connectivity index (χ2n) is 6.74. The number of fused-ring (bicyclic) bond motifs is 1. The van der Waals surface area contributed by atoms with Crippen molar-refractivity contribution in [3.63, 3.8) is 0 Å². The van der Waals surface area contributed by atoms with Crippen molar-refractivity contribution in [2.24, 2.45) is 0 Å². The molecule has 0 aliphatic rings. The van der Waals surface area contributed by atoms with Gasteiger partial charge < -0.3 is 15.0 Å². The van der Waals surface area contributed by atoms with Crippen LogP contribution in [-0.4, -0.2) is 47.6 Å². The Bertz CT molecular complexity index is 996. The number of hydrogen-bond acceptors (Lipinski definition) is 5. The number of nitrogens with zero attached hydrogens (tertiary/aromatic N) is 3. The van der Waals surface area contributed by atoms with Crippen LogP contribution in [0.3, 0.4) is 0 Å². The van der Waals surface area contributed by atoms with Gasteiger partial charge in [-0.05, 0) is 43.9 Å². The van der Waals surface area contributed by atoms with E-state index in [2.05, 4.69) is 15.2 Å². The van der Waals surface area contributed by atoms with Crippen molar-refractivity contribution in [3.8, 4) is 5.75 Å². The summed E-state index contributed by atoms with van der Waals surface area (Å²) in [4.78, 5) is 30.6. The summed E-state index contributed by atoms with van der Waals surface area (Å²) in [6.07, 6.45) is 1.24. The molecule has 0 fully saturated rings. The quantitative estimate of drug-likeness (QED) is 0.643. The molecule has 0 spiro atoms. The Morgan fingerprint density at radius 2 is 1.89 bits per heavy atom. The first-order chi connectivity index (χ1) is 13.5. The van der Waals surface area contributed by atoms with Crippen LogP contribution in [-0.2, 0) is 17.9 Å². The van der Waals surface area contributed by atoms with E-state index in [0.29, 0.717) is 24.2 Å². The molecule has 146 valence electrons. The zero-order valence-corrected chi connectivity index (χ0v) is 16.1. The molecule has 2 aromatic carbocycles. The molecule has 0 radical (unpaired) electrons. The first-order valence-electron chi connectivity index (χ1n) is 9.11. The van der Waals surface area contributed by atoms with E-state index in [9.17, 15) is 9.59 Å². The summed E-state index contributed by atoms with van der Waals surface area (Å²) in [6.45, 7) is 1.81. The zero-order chi connectivity index (χ0) is 19.9. The summed E-state index contributed by atoms with van der Waals surface area (Å²) in [5, 5.41) is 2.85. The van der Waals surface area contributed by atoms with Crippen molar-refractivity contribution >= 4 is 16.9 Å². The molecule has 0 atom stereocenters. The third kappa shape index (κ3) is 5.17. The zero-order valence-electron chi connectivity index (χ0n) is 16.1. The molecule has 0 aliphatic carbocycles. The fraction of sp³-hybridized carbons (Fsp3) is 0.286. The Morgan fingerprint density at radius 3 is 2.64 bits per heavy atom. The fourth-order valence-electron chi connectivity index (χ4n) is 2.73. The van der Waals surface area contributed by atoms with Crippen molar-refractivity contribution < 1.29 is 9.53 Å². The normalized spacial score (nSPS) is 11.0. The van der Waals surface area contributed by atoms with Gasteiger partial charge in [-0.2, -0.15) is 0 Å². The van der Waals surface area contributed by atoms with Gasteiger partial charge >= 0.3 is 0 Å². The summed E-state index contributed by atoms with van der Waals surface area (Å²) in [5.41, 5.74) is 1.98. The average Bonchev–Trinajstić information content (AvgIpc) is 2.69. The number of nitrogens with one attached hydrogen (secondary N) is 1. The summed E-state index contributed by atoms with van der Waals surface area (Å²) >= 11 is 0. The molecule has 0 saturated heterocycles. The second kappa shape index (κ2) is 9.14. The van der Waals surface area contributed by atoms with Gasteiger partial charge in [-0.25, -0.2) is 4.98 Å². The largest absolute Gasteiger partial charge is 0.492 e. The van der Waals surface area contributed by atoms with Gasteiger partial charge in [-0.1, -0.05) is 24.3 Å². The van der Waals surface area contributed by atoms with Crippen molar-refractivity contribution in [2.45, 2.75) is 13.1 Å². The fourth-order valence-corrected chi connectivity index (χ4v) is 2.73. The molecule has 0 unspecified atom stereocenters. The van der Waals surface area contributed by atoms with Gasteiger partial charge in [-0.15, -0.1) is 0 Å². The molecule has 1 aromatic heterocycles. The molecule has 3 rings (SSSR count). The smallest absolute Gasteiger partial charge is 0.269 e. The minimum atomic E-state index is -0.298. The lowest BCUT2D eigenvalue weighted by molar-refractivity contribution is -0.121. The summed E-state index contributed by atoms with van der Waals surface area (Å²) in [7, 11) is 4.00. The Morgan fingerprint density at radius 1 is 1.14 bits per heavy atom. The lowest BCUT2D eigenvalue weighted by atomic mass is 10.2. The third-order valence-corrected chi connectivity index (χ3v) is 4.27. The van der Waals surface area contributed by atoms with Crippen LogP contribution < -0.4 is 15.6 Å². The number of amides is 1. The van der Waals surface area contributed by atoms with Gasteiger partial charge in [0.15, 0.2) is 0 Å². The SMILES string of the molecule is CN(C)CCOc1ccc(CNC(=O)Cn2c(=O)cnc3ccccc32)cc1. The maximum atomic E-state index is 12.3. The Balaban J connectivity index is 1.56. The summed E-state index contributed by atoms with van der Waals surface area (Å²) in [5.74, 6) is 0.566. The van der Waals surface area contributed by atoms with Crippen LogP contribution in [0.2, 0.25) is 0 Å². The van der Waals surface area contributed by atoms with Crippen LogP contribution in [0.5, 0.6) is 5.75 Å². The number of carbonyl (C=O) groups excluding carboxylic acids is 1. The number of likely N-dealkylation sites (N-methyl/N-ethyl adjacent to an activating group) is 1. The number of para-hydroxylation sites is 2. The number of rotatable bonds is 8. The Kier molecular flexibility index (Phi) is 6.39. The van der Waals surface area contributed by atoms with Crippen LogP contribution in [0.25, 0.3) is 11.0 Å². The van der Waals surface area contributed by atoms with Gasteiger partial charge in [-0.3, -0.25) is 14.2 Å². The van der Waals surface area contributed by atoms with E-state index in [1.807, 2.05) is 56.6 Å². The Hall–Kier alpha value is -3.19. The highest BCUT2D eigenvalue weighted by atomic mass is 16.5. The third-order valence-electron chi connectivity index (χ3n) is 4.27. The molecule has 3 aromatic rings. The second-order valence-corrected chi connectivity index (χ2v) is 6.74. The van der Waals surface area contributed by atoms with Gasteiger partial charge in [0.25, 0.3) is 5.56 Å². The van der Waals surface area contributed by atoms with E-state index in [-0.39, 0.29) is 18.0 Å². The van der Waals surface area contributed by atoms with Gasteiger partial charge in [0.2, 0.25) is 5.91 Å². The van der Waals surface area contributed by atoms with E-state index >= 15 is 0 Å². The van der Waals surface area contributed by atoms with E-state index in [1.54, 1.807) is 6.07 Å². The molecule has 0 saturated carbocycles. The average molecular weight is 380 g/mol. The molecule has 1 heterocycles. The van der Waals surface area contributed by atoms with Crippen molar-refractivity contribution in [2.75, 3.05) is 27.2 Å². The van der Waals surface area contributed by atoms with E-state index < -0.39 is 0 Å². The molecular formula is C21H24N4O3. The highest BCUT2D eigenvalue weighted by molar-refractivity contribution is 5.79. The van der Waals surface area contributed by atoms with Crippen LogP contribution in [0.4, 0.5) is 0 Å². The van der Waals surface area contributed by atoms with Gasteiger partial charge in [0.05, 0.1) is 17.2 Å². The monoisotopic (exact) mass is 380 g/mol. The highest BCUT2D eigenvalue weighted by Gasteiger charge is 2.08. The standard InChI is InChI=1S/C21H24N4O3/c1-24(2)11-12-28-17-9-7-16(8-10-17)13-23-20(26)15-25-19-6-4-3-5-18(19)22-14-21(25)27/h3-10,14H,11-13,15H2,1-2H3,(H,23,26). The number of aromatic nitrogens is 2. The molecule has 28 heavy (non-hydrogen) atoms. The first-order valence-corrected chi connectivity index (χ1v) is 9.11. The molecular weight excluding hydrogens is 356 g/mol. The number of hydrogen-bond donors (Lipinski definition) is 1. The molecule has 1 N–H and O–H groups in total. The van der Waals surface area contributed by atoms with Crippen molar-refractivity contribution in [1.29, 1.82) is 0 Å². The predicted molar refractivity (Wildman–Crippen MR) is 108 cm³/mol.